The Morgan fingerprint density at radius 1 is 1.35 bits per heavy atom. The monoisotopic (exact) mass is 331 g/mol. The highest BCUT2D eigenvalue weighted by atomic mass is 79.9. The molecular formula is C14H14BrN5. The SMILES string of the molecule is CCc1cccnc1Cn1c(N)nc2cc(Br)cnc21. The van der Waals surface area contributed by atoms with Crippen LogP contribution in [0, 0.1) is 0 Å². The number of halogens is 1. The molecule has 0 atom stereocenters. The van der Waals surface area contributed by atoms with Crippen LogP contribution in [-0.4, -0.2) is 19.5 Å². The van der Waals surface area contributed by atoms with Crippen molar-refractivity contribution in [2.45, 2.75) is 19.9 Å². The topological polar surface area (TPSA) is 69.6 Å². The van der Waals surface area contributed by atoms with E-state index in [0.29, 0.717) is 12.5 Å². The average Bonchev–Trinajstić information content (AvgIpc) is 2.75. The molecule has 20 heavy (non-hydrogen) atoms. The van der Waals surface area contributed by atoms with E-state index >= 15 is 0 Å². The zero-order valence-electron chi connectivity index (χ0n) is 11.0. The van der Waals surface area contributed by atoms with Crippen LogP contribution in [0.2, 0.25) is 0 Å². The number of aromatic nitrogens is 4. The Morgan fingerprint density at radius 3 is 3.00 bits per heavy atom. The van der Waals surface area contributed by atoms with Crippen molar-refractivity contribution in [1.29, 1.82) is 0 Å². The number of fused-ring (bicyclic) bond motifs is 1. The van der Waals surface area contributed by atoms with Crippen LogP contribution in [0.3, 0.4) is 0 Å². The lowest BCUT2D eigenvalue weighted by Crippen LogP contribution is -2.08. The Labute approximate surface area is 125 Å². The maximum Gasteiger partial charge on any atom is 0.202 e. The molecule has 0 unspecified atom stereocenters. The minimum atomic E-state index is 0.457. The van der Waals surface area contributed by atoms with Gasteiger partial charge in [0.05, 0.1) is 12.2 Å². The van der Waals surface area contributed by atoms with Crippen LogP contribution in [0.4, 0.5) is 5.95 Å². The quantitative estimate of drug-likeness (QED) is 0.801. The van der Waals surface area contributed by atoms with Crippen LogP contribution >= 0.6 is 15.9 Å². The number of rotatable bonds is 3. The highest BCUT2D eigenvalue weighted by molar-refractivity contribution is 9.10. The molecule has 0 fully saturated rings. The molecule has 0 amide bonds. The van der Waals surface area contributed by atoms with Crippen molar-refractivity contribution in [2.75, 3.05) is 5.73 Å². The van der Waals surface area contributed by atoms with Crippen molar-refractivity contribution in [2.24, 2.45) is 0 Å². The molecule has 5 nitrogen and oxygen atoms in total. The number of nitrogens with zero attached hydrogens (tertiary/aromatic N) is 4. The van der Waals surface area contributed by atoms with E-state index in [1.54, 1.807) is 12.4 Å². The first-order valence-electron chi connectivity index (χ1n) is 6.39. The second kappa shape index (κ2) is 5.20. The Balaban J connectivity index is 2.08. The maximum atomic E-state index is 6.01. The molecule has 0 bridgehead atoms. The zero-order valence-corrected chi connectivity index (χ0v) is 12.6. The highest BCUT2D eigenvalue weighted by Crippen LogP contribution is 2.21. The average molecular weight is 332 g/mol. The van der Waals surface area contributed by atoms with Crippen LogP contribution < -0.4 is 5.73 Å². The van der Waals surface area contributed by atoms with E-state index in [2.05, 4.69) is 43.9 Å². The van der Waals surface area contributed by atoms with Gasteiger partial charge in [-0.05, 0) is 40.0 Å². The molecule has 0 aromatic carbocycles. The van der Waals surface area contributed by atoms with E-state index in [1.807, 2.05) is 16.7 Å². The lowest BCUT2D eigenvalue weighted by Gasteiger charge is -2.09. The third-order valence-corrected chi connectivity index (χ3v) is 3.69. The van der Waals surface area contributed by atoms with Crippen molar-refractivity contribution in [1.82, 2.24) is 19.5 Å². The molecule has 2 N–H and O–H groups in total. The van der Waals surface area contributed by atoms with Crippen LogP contribution in [-0.2, 0) is 13.0 Å². The van der Waals surface area contributed by atoms with Gasteiger partial charge in [0.15, 0.2) is 5.65 Å². The fourth-order valence-electron chi connectivity index (χ4n) is 2.25. The van der Waals surface area contributed by atoms with Gasteiger partial charge in [-0.3, -0.25) is 9.55 Å². The van der Waals surface area contributed by atoms with Gasteiger partial charge in [-0.1, -0.05) is 13.0 Å². The second-order valence-electron chi connectivity index (χ2n) is 4.52. The number of nitrogen functional groups attached to an aromatic ring is 1. The zero-order chi connectivity index (χ0) is 14.1. The molecule has 0 aliphatic carbocycles. The van der Waals surface area contributed by atoms with Gasteiger partial charge in [0.2, 0.25) is 5.95 Å². The summed E-state index contributed by atoms with van der Waals surface area (Å²) >= 11 is 3.39. The third kappa shape index (κ3) is 2.27. The Morgan fingerprint density at radius 2 is 2.20 bits per heavy atom. The van der Waals surface area contributed by atoms with Crippen LogP contribution in [0.25, 0.3) is 11.2 Å². The Kier molecular flexibility index (Phi) is 3.40. The Bertz CT molecular complexity index is 765. The predicted octanol–water partition coefficient (Wildman–Crippen LogP) is 2.78. The summed E-state index contributed by atoms with van der Waals surface area (Å²) in [5, 5.41) is 0. The lowest BCUT2D eigenvalue weighted by molar-refractivity contribution is 0.785. The molecule has 3 aromatic heterocycles. The lowest BCUT2D eigenvalue weighted by atomic mass is 10.1. The first-order valence-corrected chi connectivity index (χ1v) is 7.18. The van der Waals surface area contributed by atoms with Crippen LogP contribution in [0.1, 0.15) is 18.2 Å². The van der Waals surface area contributed by atoms with Crippen molar-refractivity contribution < 1.29 is 0 Å². The number of anilines is 1. The molecule has 3 aromatic rings. The van der Waals surface area contributed by atoms with E-state index in [9.17, 15) is 0 Å². The summed E-state index contributed by atoms with van der Waals surface area (Å²) in [5.41, 5.74) is 9.79. The van der Waals surface area contributed by atoms with Crippen LogP contribution in [0.15, 0.2) is 35.1 Å². The molecule has 3 heterocycles. The van der Waals surface area contributed by atoms with Crippen molar-refractivity contribution >= 4 is 33.0 Å². The second-order valence-corrected chi connectivity index (χ2v) is 5.43. The van der Waals surface area contributed by atoms with Crippen molar-refractivity contribution in [3.8, 4) is 0 Å². The molecule has 0 aliphatic rings. The van der Waals surface area contributed by atoms with Gasteiger partial charge in [0, 0.05) is 16.9 Å². The fourth-order valence-corrected chi connectivity index (χ4v) is 2.56. The molecule has 0 radical (unpaired) electrons. The van der Waals surface area contributed by atoms with E-state index in [1.165, 1.54) is 5.56 Å². The summed E-state index contributed by atoms with van der Waals surface area (Å²) in [5.74, 6) is 0.457. The van der Waals surface area contributed by atoms with Gasteiger partial charge in [0.1, 0.15) is 5.52 Å². The molecule has 0 saturated heterocycles. The molecule has 0 aliphatic heterocycles. The van der Waals surface area contributed by atoms with Gasteiger partial charge in [0.25, 0.3) is 0 Å². The first-order chi connectivity index (χ1) is 9.69. The van der Waals surface area contributed by atoms with Crippen molar-refractivity contribution in [3.05, 3.63) is 46.3 Å². The van der Waals surface area contributed by atoms with Gasteiger partial charge in [-0.25, -0.2) is 9.97 Å². The summed E-state index contributed by atoms with van der Waals surface area (Å²) in [4.78, 5) is 13.2. The number of nitrogens with two attached hydrogens (primary N) is 1. The van der Waals surface area contributed by atoms with Gasteiger partial charge >= 0.3 is 0 Å². The number of pyridine rings is 2. The highest BCUT2D eigenvalue weighted by Gasteiger charge is 2.12. The summed E-state index contributed by atoms with van der Waals surface area (Å²) in [6, 6.07) is 5.95. The smallest absolute Gasteiger partial charge is 0.202 e. The van der Waals surface area contributed by atoms with E-state index in [4.69, 9.17) is 5.73 Å². The number of hydrogen-bond acceptors (Lipinski definition) is 4. The van der Waals surface area contributed by atoms with Gasteiger partial charge < -0.3 is 5.73 Å². The number of aryl methyl sites for hydroxylation is 1. The maximum absolute atomic E-state index is 6.01. The van der Waals surface area contributed by atoms with Crippen LogP contribution in [0.5, 0.6) is 0 Å². The van der Waals surface area contributed by atoms with E-state index < -0.39 is 0 Å². The summed E-state index contributed by atoms with van der Waals surface area (Å²) in [7, 11) is 0. The van der Waals surface area contributed by atoms with Gasteiger partial charge in [-0.2, -0.15) is 0 Å². The standard InChI is InChI=1S/C14H14BrN5/c1-2-9-4-3-5-17-12(9)8-20-13-11(19-14(20)16)6-10(15)7-18-13/h3-7H,2,8H2,1H3,(H2,16,19). The number of imidazole rings is 1. The Hall–Kier alpha value is -1.95. The predicted molar refractivity (Wildman–Crippen MR) is 82.4 cm³/mol. The fraction of sp³-hybridized carbons (Fsp3) is 0.214. The summed E-state index contributed by atoms with van der Waals surface area (Å²) < 4.78 is 2.78. The summed E-state index contributed by atoms with van der Waals surface area (Å²) in [6.07, 6.45) is 4.49. The molecule has 3 rings (SSSR count). The third-order valence-electron chi connectivity index (χ3n) is 3.25. The van der Waals surface area contributed by atoms with E-state index in [0.717, 1.165) is 27.8 Å². The summed E-state index contributed by atoms with van der Waals surface area (Å²) in [6.45, 7) is 2.70. The minimum Gasteiger partial charge on any atom is -0.369 e. The molecule has 6 heteroatoms. The molecule has 102 valence electrons. The van der Waals surface area contributed by atoms with E-state index in [-0.39, 0.29) is 0 Å². The number of hydrogen-bond donors (Lipinski definition) is 1. The minimum absolute atomic E-state index is 0.457. The largest absolute Gasteiger partial charge is 0.369 e. The first kappa shape index (κ1) is 13.1. The molecular weight excluding hydrogens is 318 g/mol. The van der Waals surface area contributed by atoms with Crippen molar-refractivity contribution in [3.63, 3.8) is 0 Å². The van der Waals surface area contributed by atoms with Gasteiger partial charge in [-0.15, -0.1) is 0 Å². The normalized spacial score (nSPS) is 11.1. The molecule has 0 spiro atoms. The molecule has 0 saturated carbocycles.